The van der Waals surface area contributed by atoms with Gasteiger partial charge in [-0.3, -0.25) is 4.98 Å². The van der Waals surface area contributed by atoms with Gasteiger partial charge in [-0.1, -0.05) is 38.1 Å². The van der Waals surface area contributed by atoms with Gasteiger partial charge in [-0.05, 0) is 37.0 Å². The van der Waals surface area contributed by atoms with Crippen LogP contribution < -0.4 is 9.04 Å². The van der Waals surface area contributed by atoms with Gasteiger partial charge in [0.2, 0.25) is 5.82 Å². The van der Waals surface area contributed by atoms with E-state index >= 15 is 0 Å². The standard InChI is InChI=1S/C26H30N4O6S/c1-17(2)15-35-25(31)30(23-24(34-5)29-18(3)13-28-23)37(32,33)22-14-27-11-10-21(22)20-9-7-6-8-19(20)12-26(4)16-36-26/h6-11,13-14,17H,12,15-16H2,1-5H3. The van der Waals surface area contributed by atoms with Gasteiger partial charge in [-0.2, -0.15) is 0 Å². The van der Waals surface area contributed by atoms with Crippen molar-refractivity contribution in [3.05, 3.63) is 60.2 Å². The molecule has 1 atom stereocenters. The Labute approximate surface area is 216 Å². The Bertz CT molecular complexity index is 1410. The lowest BCUT2D eigenvalue weighted by Crippen LogP contribution is -2.39. The zero-order chi connectivity index (χ0) is 26.8. The Balaban J connectivity index is 1.87. The average Bonchev–Trinajstić information content (AvgIpc) is 3.60. The summed E-state index contributed by atoms with van der Waals surface area (Å²) in [5.41, 5.74) is 2.18. The number of aryl methyl sites for hydroxylation is 1. The molecule has 1 aromatic carbocycles. The molecule has 37 heavy (non-hydrogen) atoms. The molecule has 1 unspecified atom stereocenters. The Hall–Kier alpha value is -3.57. The summed E-state index contributed by atoms with van der Waals surface area (Å²) in [5, 5.41) is 0. The van der Waals surface area contributed by atoms with Crippen LogP contribution in [0, 0.1) is 12.8 Å². The fraction of sp³-hybridized carbons (Fsp3) is 0.385. The fourth-order valence-electron chi connectivity index (χ4n) is 3.79. The highest BCUT2D eigenvalue weighted by atomic mass is 32.2. The fourth-order valence-corrected chi connectivity index (χ4v) is 5.24. The van der Waals surface area contributed by atoms with Crippen LogP contribution in [0.15, 0.2) is 53.8 Å². The minimum Gasteiger partial charge on any atom is -0.478 e. The van der Waals surface area contributed by atoms with Gasteiger partial charge < -0.3 is 14.2 Å². The van der Waals surface area contributed by atoms with Crippen LogP contribution in [0.3, 0.4) is 0 Å². The number of anilines is 1. The van der Waals surface area contributed by atoms with Crippen molar-refractivity contribution in [2.75, 3.05) is 24.6 Å². The molecule has 3 heterocycles. The van der Waals surface area contributed by atoms with Gasteiger partial charge in [0.05, 0.1) is 37.8 Å². The first kappa shape index (κ1) is 26.5. The quantitative estimate of drug-likeness (QED) is 0.378. The van der Waals surface area contributed by atoms with Gasteiger partial charge >= 0.3 is 6.09 Å². The third-order valence-corrected chi connectivity index (χ3v) is 7.43. The number of ether oxygens (including phenoxy) is 3. The summed E-state index contributed by atoms with van der Waals surface area (Å²) in [6, 6.07) is 9.10. The Morgan fingerprint density at radius 3 is 2.59 bits per heavy atom. The zero-order valence-electron chi connectivity index (χ0n) is 21.5. The van der Waals surface area contributed by atoms with E-state index in [1.54, 1.807) is 13.0 Å². The van der Waals surface area contributed by atoms with Crippen molar-refractivity contribution in [3.63, 3.8) is 0 Å². The topological polar surface area (TPSA) is 124 Å². The highest BCUT2D eigenvalue weighted by molar-refractivity contribution is 7.93. The average molecular weight is 527 g/mol. The zero-order valence-corrected chi connectivity index (χ0v) is 22.3. The number of carbonyl (C=O) groups excluding carboxylic acids is 1. The number of rotatable bonds is 9. The molecule has 3 aromatic rings. The number of benzene rings is 1. The van der Waals surface area contributed by atoms with Crippen LogP contribution in [0.1, 0.15) is 32.0 Å². The van der Waals surface area contributed by atoms with Gasteiger partial charge in [-0.25, -0.2) is 23.2 Å². The van der Waals surface area contributed by atoms with Crippen LogP contribution in [0.2, 0.25) is 0 Å². The number of methoxy groups -OCH3 is 1. The molecule has 0 bridgehead atoms. The third kappa shape index (κ3) is 5.72. The van der Waals surface area contributed by atoms with E-state index in [0.29, 0.717) is 34.2 Å². The summed E-state index contributed by atoms with van der Waals surface area (Å²) in [4.78, 5) is 25.6. The largest absolute Gasteiger partial charge is 0.478 e. The van der Waals surface area contributed by atoms with Crippen molar-refractivity contribution in [1.82, 2.24) is 15.0 Å². The maximum absolute atomic E-state index is 14.2. The maximum Gasteiger partial charge on any atom is 0.430 e. The molecule has 0 saturated carbocycles. The molecule has 196 valence electrons. The molecule has 1 aliphatic rings. The van der Waals surface area contributed by atoms with Crippen LogP contribution in [0.25, 0.3) is 11.1 Å². The number of aromatic nitrogens is 3. The predicted octanol–water partition coefficient (Wildman–Crippen LogP) is 4.17. The van der Waals surface area contributed by atoms with Gasteiger partial charge in [-0.15, -0.1) is 4.31 Å². The van der Waals surface area contributed by atoms with E-state index in [2.05, 4.69) is 15.0 Å². The summed E-state index contributed by atoms with van der Waals surface area (Å²) in [6.07, 6.45) is 3.56. The number of hydrogen-bond acceptors (Lipinski definition) is 9. The lowest BCUT2D eigenvalue weighted by molar-refractivity contribution is 0.143. The second-order valence-corrected chi connectivity index (χ2v) is 11.3. The maximum atomic E-state index is 14.2. The predicted molar refractivity (Wildman–Crippen MR) is 137 cm³/mol. The van der Waals surface area contributed by atoms with Crippen molar-refractivity contribution >= 4 is 21.9 Å². The highest BCUT2D eigenvalue weighted by Gasteiger charge is 2.41. The second-order valence-electron chi connectivity index (χ2n) is 9.53. The number of nitrogens with zero attached hydrogens (tertiary/aromatic N) is 4. The van der Waals surface area contributed by atoms with E-state index in [1.165, 1.54) is 25.7 Å². The Morgan fingerprint density at radius 2 is 1.92 bits per heavy atom. The van der Waals surface area contributed by atoms with Crippen molar-refractivity contribution < 1.29 is 27.4 Å². The third-order valence-electron chi connectivity index (χ3n) is 5.75. The van der Waals surface area contributed by atoms with Crippen LogP contribution >= 0.6 is 0 Å². The molecule has 11 heteroatoms. The van der Waals surface area contributed by atoms with E-state index in [4.69, 9.17) is 14.2 Å². The lowest BCUT2D eigenvalue weighted by atomic mass is 9.93. The van der Waals surface area contributed by atoms with Crippen LogP contribution in [-0.2, 0) is 25.9 Å². The molecule has 4 rings (SSSR count). The monoisotopic (exact) mass is 526 g/mol. The molecule has 1 saturated heterocycles. The summed E-state index contributed by atoms with van der Waals surface area (Å²) in [7, 11) is -3.26. The number of sulfonamides is 1. The van der Waals surface area contributed by atoms with E-state index in [1.807, 2.05) is 45.0 Å². The molecule has 1 fully saturated rings. The minimum absolute atomic E-state index is 0.00771. The number of carbonyl (C=O) groups is 1. The molecular formula is C26H30N4O6S. The Morgan fingerprint density at radius 1 is 1.19 bits per heavy atom. The summed E-state index contributed by atoms with van der Waals surface area (Å²) < 4.78 is 45.1. The molecule has 0 radical (unpaired) electrons. The smallest absolute Gasteiger partial charge is 0.430 e. The van der Waals surface area contributed by atoms with Gasteiger partial charge in [0.1, 0.15) is 4.90 Å². The number of hydrogen-bond donors (Lipinski definition) is 0. The molecule has 10 nitrogen and oxygen atoms in total. The summed E-state index contributed by atoms with van der Waals surface area (Å²) in [5.74, 6) is -0.454. The SMILES string of the molecule is COc1nc(C)cnc1N(C(=O)OCC(C)C)S(=O)(=O)c1cnccc1-c1ccccc1CC1(C)CO1. The second kappa shape index (κ2) is 10.4. The van der Waals surface area contributed by atoms with Crippen molar-refractivity contribution in [3.8, 4) is 17.0 Å². The van der Waals surface area contributed by atoms with E-state index in [-0.39, 0.29) is 34.7 Å². The molecule has 1 aliphatic heterocycles. The van der Waals surface area contributed by atoms with Gasteiger partial charge in [0.15, 0.2) is 0 Å². The number of epoxide rings is 1. The van der Waals surface area contributed by atoms with Gasteiger partial charge in [0, 0.05) is 24.4 Å². The molecule has 0 aliphatic carbocycles. The first-order valence-corrected chi connectivity index (χ1v) is 13.3. The molecule has 2 aromatic heterocycles. The normalized spacial score (nSPS) is 16.9. The lowest BCUT2D eigenvalue weighted by Gasteiger charge is -2.24. The number of pyridine rings is 1. The molecular weight excluding hydrogens is 496 g/mol. The Kier molecular flexibility index (Phi) is 7.47. The first-order chi connectivity index (χ1) is 17.6. The molecule has 0 spiro atoms. The van der Waals surface area contributed by atoms with E-state index in [0.717, 1.165) is 5.56 Å². The highest BCUT2D eigenvalue weighted by Crippen LogP contribution is 2.38. The first-order valence-electron chi connectivity index (χ1n) is 11.8. The van der Waals surface area contributed by atoms with Crippen molar-refractivity contribution in [1.29, 1.82) is 0 Å². The van der Waals surface area contributed by atoms with Crippen LogP contribution in [0.5, 0.6) is 5.88 Å². The van der Waals surface area contributed by atoms with Crippen molar-refractivity contribution in [2.24, 2.45) is 5.92 Å². The van der Waals surface area contributed by atoms with Gasteiger partial charge in [0.25, 0.3) is 15.9 Å². The minimum atomic E-state index is -4.59. The number of amides is 1. The van der Waals surface area contributed by atoms with Crippen LogP contribution in [0.4, 0.5) is 10.6 Å². The summed E-state index contributed by atoms with van der Waals surface area (Å²) >= 11 is 0. The molecule has 1 amide bonds. The van der Waals surface area contributed by atoms with Crippen LogP contribution in [-0.4, -0.2) is 55.4 Å². The van der Waals surface area contributed by atoms with Crippen molar-refractivity contribution in [2.45, 2.75) is 44.6 Å². The molecule has 0 N–H and O–H groups in total. The summed E-state index contributed by atoms with van der Waals surface area (Å²) in [6.45, 7) is 8.01. The van der Waals surface area contributed by atoms with E-state index < -0.39 is 16.1 Å². The van der Waals surface area contributed by atoms with E-state index in [9.17, 15) is 13.2 Å².